The lowest BCUT2D eigenvalue weighted by atomic mass is 10.0. The average molecular weight is 247 g/mol. The lowest BCUT2D eigenvalue weighted by Crippen LogP contribution is -2.76. The summed E-state index contributed by atoms with van der Waals surface area (Å²) in [6.45, 7) is 1.89. The number of carbonyl (C=O) groups is 2. The number of rotatable bonds is 0. The monoisotopic (exact) mass is 246 g/mol. The first-order valence-electron chi connectivity index (χ1n) is 5.14. The molecular weight excluding hydrogens is 232 g/mol. The number of nitrogens with zero attached hydrogens (tertiary/aromatic N) is 2. The van der Waals surface area contributed by atoms with Crippen LogP contribution in [0.1, 0.15) is 6.92 Å². The second kappa shape index (κ2) is 3.87. The first-order valence-corrected chi connectivity index (χ1v) is 5.57. The summed E-state index contributed by atoms with van der Waals surface area (Å²) in [5.41, 5.74) is -0.298. The maximum atomic E-state index is 11.9. The minimum atomic E-state index is -0.433. The highest BCUT2D eigenvalue weighted by molar-refractivity contribution is 6.21. The zero-order valence-corrected chi connectivity index (χ0v) is 10.2. The van der Waals surface area contributed by atoms with E-state index in [4.69, 9.17) is 11.6 Å². The van der Waals surface area contributed by atoms with Crippen molar-refractivity contribution >= 4 is 23.5 Å². The van der Waals surface area contributed by atoms with Crippen LogP contribution in [0.4, 0.5) is 4.79 Å². The fraction of sp³-hybridized carbons (Fsp3) is 0.778. The first-order chi connectivity index (χ1) is 7.43. The molecule has 2 aliphatic heterocycles. The molecule has 7 heteroatoms. The average Bonchev–Trinajstić information content (AvgIpc) is 2.26. The Labute approximate surface area is 98.9 Å². The lowest BCUT2D eigenvalue weighted by Gasteiger charge is -2.47. The van der Waals surface area contributed by atoms with Gasteiger partial charge < -0.3 is 4.90 Å². The van der Waals surface area contributed by atoms with Gasteiger partial charge in [-0.3, -0.25) is 20.3 Å². The zero-order chi connectivity index (χ0) is 12.0. The molecule has 90 valence electrons. The van der Waals surface area contributed by atoms with Gasteiger partial charge in [0.25, 0.3) is 5.91 Å². The normalized spacial score (nSPS) is 40.0. The number of hydrogen-bond acceptors (Lipinski definition) is 4. The Morgan fingerprint density at radius 2 is 1.88 bits per heavy atom. The molecule has 0 saturated carbocycles. The molecule has 0 bridgehead atoms. The van der Waals surface area contributed by atoms with E-state index in [1.54, 1.807) is 7.05 Å². The number of carbonyl (C=O) groups excluding carboxylic acids is 2. The van der Waals surface area contributed by atoms with Crippen LogP contribution >= 0.6 is 11.6 Å². The molecule has 4 unspecified atom stereocenters. The van der Waals surface area contributed by atoms with Crippen LogP contribution in [0, 0.1) is 0 Å². The minimum absolute atomic E-state index is 0.0260. The van der Waals surface area contributed by atoms with Crippen molar-refractivity contribution in [2.45, 2.75) is 30.7 Å². The summed E-state index contributed by atoms with van der Waals surface area (Å²) in [5, 5.41) is 6.18. The van der Waals surface area contributed by atoms with Crippen molar-refractivity contribution in [3.05, 3.63) is 0 Å². The Morgan fingerprint density at radius 3 is 2.50 bits per heavy atom. The standard InChI is InChI=1S/C9H15ClN4O2/c1-4-6(10)12-7-5(11-4)8(15)14(3)9(16)13(7)2/h4-7,11-12H,1-3H3. The van der Waals surface area contributed by atoms with Gasteiger partial charge in [0, 0.05) is 20.1 Å². The van der Waals surface area contributed by atoms with Crippen molar-refractivity contribution in [1.82, 2.24) is 20.4 Å². The Kier molecular flexibility index (Phi) is 2.81. The summed E-state index contributed by atoms with van der Waals surface area (Å²) < 4.78 is 0. The Morgan fingerprint density at radius 1 is 1.25 bits per heavy atom. The van der Waals surface area contributed by atoms with Crippen LogP contribution in [0.25, 0.3) is 0 Å². The maximum absolute atomic E-state index is 11.9. The fourth-order valence-electron chi connectivity index (χ4n) is 2.06. The number of halogens is 1. The predicted molar refractivity (Wildman–Crippen MR) is 58.9 cm³/mol. The third-order valence-electron chi connectivity index (χ3n) is 3.13. The van der Waals surface area contributed by atoms with Crippen LogP contribution in [-0.2, 0) is 4.79 Å². The van der Waals surface area contributed by atoms with Gasteiger partial charge in [-0.15, -0.1) is 11.6 Å². The number of likely N-dealkylation sites (N-methyl/N-ethyl adjacent to an activating group) is 2. The highest BCUT2D eigenvalue weighted by Gasteiger charge is 2.47. The Bertz CT molecular complexity index is 337. The Balaban J connectivity index is 2.26. The van der Waals surface area contributed by atoms with Crippen molar-refractivity contribution in [1.29, 1.82) is 0 Å². The van der Waals surface area contributed by atoms with Crippen molar-refractivity contribution < 1.29 is 9.59 Å². The molecule has 0 aromatic heterocycles. The molecule has 0 aliphatic carbocycles. The van der Waals surface area contributed by atoms with Gasteiger partial charge in [-0.25, -0.2) is 4.79 Å². The minimum Gasteiger partial charge on any atom is -0.310 e. The highest BCUT2D eigenvalue weighted by atomic mass is 35.5. The smallest absolute Gasteiger partial charge is 0.310 e. The first kappa shape index (κ1) is 11.6. The van der Waals surface area contributed by atoms with Crippen LogP contribution < -0.4 is 10.6 Å². The summed E-state index contributed by atoms with van der Waals surface area (Å²) in [5.74, 6) is -0.226. The number of fused-ring (bicyclic) bond motifs is 1. The largest absolute Gasteiger partial charge is 0.327 e. The SMILES string of the molecule is CC1NC2C(=O)N(C)C(=O)N(C)C2NC1Cl. The molecular formula is C9H15ClN4O2. The van der Waals surface area contributed by atoms with Gasteiger partial charge >= 0.3 is 6.03 Å². The van der Waals surface area contributed by atoms with Crippen molar-refractivity contribution in [3.8, 4) is 0 Å². The summed E-state index contributed by atoms with van der Waals surface area (Å²) in [7, 11) is 3.13. The fourth-order valence-corrected chi connectivity index (χ4v) is 2.26. The van der Waals surface area contributed by atoms with Crippen LogP contribution in [0.15, 0.2) is 0 Å². The van der Waals surface area contributed by atoms with Gasteiger partial charge in [-0.05, 0) is 6.92 Å². The second-order valence-corrected chi connectivity index (χ2v) is 4.71. The Hall–Kier alpha value is -0.850. The van der Waals surface area contributed by atoms with E-state index in [-0.39, 0.29) is 29.6 Å². The third-order valence-corrected chi connectivity index (χ3v) is 3.63. The molecule has 2 rings (SSSR count). The number of piperazine rings is 1. The molecule has 16 heavy (non-hydrogen) atoms. The number of urea groups is 1. The van der Waals surface area contributed by atoms with Crippen molar-refractivity contribution in [2.75, 3.05) is 14.1 Å². The van der Waals surface area contributed by atoms with Gasteiger partial charge in [0.2, 0.25) is 0 Å². The van der Waals surface area contributed by atoms with Crippen LogP contribution in [-0.4, -0.2) is 59.6 Å². The quantitative estimate of drug-likeness (QED) is 0.441. The molecule has 6 nitrogen and oxygen atoms in total. The van der Waals surface area contributed by atoms with Gasteiger partial charge in [0.05, 0.1) is 5.50 Å². The molecule has 2 aliphatic rings. The molecule has 2 fully saturated rings. The molecule has 4 atom stereocenters. The van der Waals surface area contributed by atoms with E-state index in [9.17, 15) is 9.59 Å². The van der Waals surface area contributed by atoms with Crippen molar-refractivity contribution in [3.63, 3.8) is 0 Å². The molecule has 2 saturated heterocycles. The van der Waals surface area contributed by atoms with Gasteiger partial charge in [0.15, 0.2) is 0 Å². The summed E-state index contributed by atoms with van der Waals surface area (Å²) in [6.07, 6.45) is -0.380. The number of imide groups is 1. The second-order valence-electron chi connectivity index (χ2n) is 4.24. The lowest BCUT2D eigenvalue weighted by molar-refractivity contribution is -0.136. The number of nitrogens with one attached hydrogen (secondary N) is 2. The zero-order valence-electron chi connectivity index (χ0n) is 9.40. The van der Waals surface area contributed by atoms with E-state index >= 15 is 0 Å². The molecule has 2 heterocycles. The molecule has 0 aromatic rings. The number of hydrogen-bond donors (Lipinski definition) is 2. The molecule has 0 spiro atoms. The molecule has 0 aromatic carbocycles. The van der Waals surface area contributed by atoms with E-state index in [1.807, 2.05) is 6.92 Å². The highest BCUT2D eigenvalue weighted by Crippen LogP contribution is 2.19. The third kappa shape index (κ3) is 1.57. The van der Waals surface area contributed by atoms with E-state index in [2.05, 4.69) is 10.6 Å². The number of amides is 3. The van der Waals surface area contributed by atoms with E-state index in [1.165, 1.54) is 11.9 Å². The van der Waals surface area contributed by atoms with Crippen LogP contribution in [0.5, 0.6) is 0 Å². The molecule has 3 amide bonds. The van der Waals surface area contributed by atoms with Crippen LogP contribution in [0.3, 0.4) is 0 Å². The van der Waals surface area contributed by atoms with E-state index in [0.29, 0.717) is 0 Å². The van der Waals surface area contributed by atoms with E-state index < -0.39 is 6.04 Å². The topological polar surface area (TPSA) is 64.7 Å². The van der Waals surface area contributed by atoms with Gasteiger partial charge in [-0.1, -0.05) is 0 Å². The van der Waals surface area contributed by atoms with Gasteiger partial charge in [-0.2, -0.15) is 0 Å². The summed E-state index contributed by atoms with van der Waals surface area (Å²) in [4.78, 5) is 26.2. The van der Waals surface area contributed by atoms with Crippen molar-refractivity contribution in [2.24, 2.45) is 0 Å². The van der Waals surface area contributed by atoms with Gasteiger partial charge in [0.1, 0.15) is 12.2 Å². The summed E-state index contributed by atoms with van der Waals surface area (Å²) in [6, 6.07) is -0.779. The maximum Gasteiger partial charge on any atom is 0.327 e. The number of alkyl halides is 1. The molecule has 0 radical (unpaired) electrons. The molecule has 2 N–H and O–H groups in total. The predicted octanol–water partition coefficient (Wildman–Crippen LogP) is -0.649. The summed E-state index contributed by atoms with van der Waals surface area (Å²) >= 11 is 6.05. The van der Waals surface area contributed by atoms with E-state index in [0.717, 1.165) is 4.90 Å². The van der Waals surface area contributed by atoms with Crippen LogP contribution in [0.2, 0.25) is 0 Å².